The van der Waals surface area contributed by atoms with Crippen molar-refractivity contribution in [2.45, 2.75) is 12.6 Å². The first-order valence-electron chi connectivity index (χ1n) is 11.1. The van der Waals surface area contributed by atoms with E-state index in [1.807, 2.05) is 71.6 Å². The highest BCUT2D eigenvalue weighted by molar-refractivity contribution is 6.30. The van der Waals surface area contributed by atoms with E-state index in [0.29, 0.717) is 17.1 Å². The summed E-state index contributed by atoms with van der Waals surface area (Å²) in [7, 11) is 0. The molecule has 6 rings (SSSR count). The van der Waals surface area contributed by atoms with Crippen molar-refractivity contribution in [1.29, 1.82) is 0 Å². The van der Waals surface area contributed by atoms with Gasteiger partial charge in [0.05, 0.1) is 11.7 Å². The van der Waals surface area contributed by atoms with E-state index in [2.05, 4.69) is 11.1 Å². The number of carbonyl (C=O) groups excluding carboxylic acids is 1. The fourth-order valence-electron chi connectivity index (χ4n) is 4.92. The Morgan fingerprint density at radius 1 is 0.853 bits per heavy atom. The number of rotatable bonds is 4. The van der Waals surface area contributed by atoms with E-state index in [9.17, 15) is 9.18 Å². The smallest absolute Gasteiger partial charge is 0.255 e. The monoisotopic (exact) mass is 466 g/mol. The van der Waals surface area contributed by atoms with Gasteiger partial charge in [-0.3, -0.25) is 4.79 Å². The summed E-state index contributed by atoms with van der Waals surface area (Å²) >= 11 is 6.17. The van der Waals surface area contributed by atoms with Crippen LogP contribution in [0.5, 0.6) is 0 Å². The standard InChI is InChI=1S/C29H20ClFN2O/c30-20-13-11-19(12-14-20)27-26(24-7-3-4-8-25(24)32-27)28-22-5-1-2-6-23(22)29(34)33(28)17-18-9-15-21(31)16-10-18/h1-16,28,32H,17H2. The molecular formula is C29H20ClFN2O. The Hall–Kier alpha value is -3.89. The van der Waals surface area contributed by atoms with E-state index in [-0.39, 0.29) is 17.8 Å². The van der Waals surface area contributed by atoms with Gasteiger partial charge < -0.3 is 9.88 Å². The van der Waals surface area contributed by atoms with E-state index >= 15 is 0 Å². The Labute approximate surface area is 201 Å². The molecule has 2 heterocycles. The molecule has 0 fully saturated rings. The van der Waals surface area contributed by atoms with Gasteiger partial charge in [0.2, 0.25) is 0 Å². The minimum Gasteiger partial charge on any atom is -0.354 e. The molecule has 0 bridgehead atoms. The molecule has 1 unspecified atom stereocenters. The molecule has 34 heavy (non-hydrogen) atoms. The first-order chi connectivity index (χ1) is 16.6. The Balaban J connectivity index is 1.58. The SMILES string of the molecule is O=C1c2ccccc2C(c2c(-c3ccc(Cl)cc3)[nH]c3ccccc23)N1Cc1ccc(F)cc1. The van der Waals surface area contributed by atoms with Crippen LogP contribution in [0.2, 0.25) is 5.02 Å². The summed E-state index contributed by atoms with van der Waals surface area (Å²) in [5, 5.41) is 1.73. The van der Waals surface area contributed by atoms with E-state index in [1.165, 1.54) is 12.1 Å². The van der Waals surface area contributed by atoms with Crippen LogP contribution in [0.15, 0.2) is 97.1 Å². The highest BCUT2D eigenvalue weighted by Gasteiger charge is 2.40. The topological polar surface area (TPSA) is 36.1 Å². The van der Waals surface area contributed by atoms with Crippen molar-refractivity contribution >= 4 is 28.4 Å². The van der Waals surface area contributed by atoms with Gasteiger partial charge in [0.25, 0.3) is 5.91 Å². The molecule has 5 aromatic rings. The van der Waals surface area contributed by atoms with Gasteiger partial charge in [-0.1, -0.05) is 72.3 Å². The number of hydrogen-bond acceptors (Lipinski definition) is 1. The molecule has 3 nitrogen and oxygen atoms in total. The zero-order chi connectivity index (χ0) is 23.2. The van der Waals surface area contributed by atoms with Crippen molar-refractivity contribution in [2.75, 3.05) is 0 Å². The minimum absolute atomic E-state index is 0.0303. The van der Waals surface area contributed by atoms with Gasteiger partial charge in [-0.25, -0.2) is 4.39 Å². The molecular weight excluding hydrogens is 447 g/mol. The van der Waals surface area contributed by atoms with Crippen molar-refractivity contribution in [3.8, 4) is 11.3 Å². The third kappa shape index (κ3) is 3.39. The average molecular weight is 467 g/mol. The molecule has 1 N–H and O–H groups in total. The van der Waals surface area contributed by atoms with Gasteiger partial charge in [0, 0.05) is 33.6 Å². The average Bonchev–Trinajstić information content (AvgIpc) is 3.36. The van der Waals surface area contributed by atoms with Gasteiger partial charge in [0.1, 0.15) is 5.82 Å². The van der Waals surface area contributed by atoms with Crippen molar-refractivity contribution in [1.82, 2.24) is 9.88 Å². The number of fused-ring (bicyclic) bond motifs is 2. The molecule has 0 aliphatic carbocycles. The summed E-state index contributed by atoms with van der Waals surface area (Å²) in [6.45, 7) is 0.373. The summed E-state index contributed by atoms with van der Waals surface area (Å²) < 4.78 is 13.5. The lowest BCUT2D eigenvalue weighted by Gasteiger charge is -2.27. The van der Waals surface area contributed by atoms with Gasteiger partial charge in [0.15, 0.2) is 0 Å². The number of nitrogens with zero attached hydrogens (tertiary/aromatic N) is 1. The zero-order valence-electron chi connectivity index (χ0n) is 18.1. The van der Waals surface area contributed by atoms with Gasteiger partial charge >= 0.3 is 0 Å². The van der Waals surface area contributed by atoms with Crippen LogP contribution in [0.1, 0.15) is 33.1 Å². The van der Waals surface area contributed by atoms with Gasteiger partial charge in [-0.2, -0.15) is 0 Å². The zero-order valence-corrected chi connectivity index (χ0v) is 18.9. The summed E-state index contributed by atoms with van der Waals surface area (Å²) in [6.07, 6.45) is 0. The first kappa shape index (κ1) is 20.7. The second-order valence-electron chi connectivity index (χ2n) is 8.52. The molecule has 0 spiro atoms. The summed E-state index contributed by atoms with van der Waals surface area (Å²) in [5.74, 6) is -0.324. The number of nitrogens with one attached hydrogen (secondary N) is 1. The van der Waals surface area contributed by atoms with Gasteiger partial charge in [-0.15, -0.1) is 0 Å². The molecule has 166 valence electrons. The van der Waals surface area contributed by atoms with E-state index in [1.54, 1.807) is 12.1 Å². The lowest BCUT2D eigenvalue weighted by molar-refractivity contribution is 0.0737. The fourth-order valence-corrected chi connectivity index (χ4v) is 5.05. The predicted molar refractivity (Wildman–Crippen MR) is 133 cm³/mol. The summed E-state index contributed by atoms with van der Waals surface area (Å²) in [6, 6.07) is 29.7. The molecule has 0 saturated heterocycles. The molecule has 0 radical (unpaired) electrons. The van der Waals surface area contributed by atoms with Gasteiger partial charge in [-0.05, 0) is 53.1 Å². The number of hydrogen-bond donors (Lipinski definition) is 1. The normalized spacial score (nSPS) is 15.2. The van der Waals surface area contributed by atoms with Crippen LogP contribution >= 0.6 is 11.6 Å². The third-order valence-electron chi connectivity index (χ3n) is 6.48. The van der Waals surface area contributed by atoms with Crippen molar-refractivity contribution in [3.05, 3.63) is 130 Å². The molecule has 4 aromatic carbocycles. The minimum atomic E-state index is -0.296. The van der Waals surface area contributed by atoms with E-state index < -0.39 is 0 Å². The van der Waals surface area contributed by atoms with Crippen molar-refractivity contribution in [2.24, 2.45) is 0 Å². The Morgan fingerprint density at radius 3 is 2.35 bits per heavy atom. The molecule has 1 aromatic heterocycles. The molecule has 1 aliphatic heterocycles. The third-order valence-corrected chi connectivity index (χ3v) is 6.73. The number of para-hydroxylation sites is 1. The van der Waals surface area contributed by atoms with Crippen LogP contribution in [0.4, 0.5) is 4.39 Å². The number of aromatic amines is 1. The number of benzene rings is 4. The molecule has 5 heteroatoms. The number of aromatic nitrogens is 1. The number of H-pyrrole nitrogens is 1. The summed E-state index contributed by atoms with van der Waals surface area (Å²) in [4.78, 5) is 19.1. The highest BCUT2D eigenvalue weighted by atomic mass is 35.5. The number of halogens is 2. The largest absolute Gasteiger partial charge is 0.354 e. The van der Waals surface area contributed by atoms with Crippen LogP contribution in [0, 0.1) is 5.82 Å². The quantitative estimate of drug-likeness (QED) is 0.295. The predicted octanol–water partition coefficient (Wildman–Crippen LogP) is 7.37. The molecule has 0 saturated carbocycles. The highest BCUT2D eigenvalue weighted by Crippen LogP contribution is 2.46. The fraction of sp³-hybridized carbons (Fsp3) is 0.0690. The number of amides is 1. The maximum absolute atomic E-state index is 13.6. The van der Waals surface area contributed by atoms with Crippen LogP contribution < -0.4 is 0 Å². The molecule has 1 amide bonds. The lowest BCUT2D eigenvalue weighted by atomic mass is 9.93. The van der Waals surface area contributed by atoms with Crippen LogP contribution in [0.25, 0.3) is 22.2 Å². The number of carbonyl (C=O) groups is 1. The van der Waals surface area contributed by atoms with Crippen molar-refractivity contribution < 1.29 is 9.18 Å². The van der Waals surface area contributed by atoms with E-state index in [4.69, 9.17) is 11.6 Å². The van der Waals surface area contributed by atoms with E-state index in [0.717, 1.165) is 38.9 Å². The second-order valence-corrected chi connectivity index (χ2v) is 8.95. The summed E-state index contributed by atoms with van der Waals surface area (Å²) in [5.41, 5.74) is 6.53. The van der Waals surface area contributed by atoms with Crippen LogP contribution in [-0.4, -0.2) is 15.8 Å². The molecule has 1 atom stereocenters. The Kier molecular flexibility index (Phi) is 4.96. The Morgan fingerprint density at radius 2 is 1.56 bits per heavy atom. The van der Waals surface area contributed by atoms with Crippen LogP contribution in [0.3, 0.4) is 0 Å². The first-order valence-corrected chi connectivity index (χ1v) is 11.5. The Bertz CT molecular complexity index is 1520. The molecule has 1 aliphatic rings. The van der Waals surface area contributed by atoms with Crippen LogP contribution in [-0.2, 0) is 6.54 Å². The van der Waals surface area contributed by atoms with Crippen molar-refractivity contribution in [3.63, 3.8) is 0 Å². The lowest BCUT2D eigenvalue weighted by Crippen LogP contribution is -2.28. The second kappa shape index (κ2) is 8.15. The maximum Gasteiger partial charge on any atom is 0.255 e. The maximum atomic E-state index is 13.6.